The zero-order valence-electron chi connectivity index (χ0n) is 28.3. The fraction of sp³-hybridized carbons (Fsp3) is 0.371. The molecular weight excluding hydrogens is 717 g/mol. The van der Waals surface area contributed by atoms with Crippen LogP contribution < -0.4 is 18.7 Å². The SMILES string of the molecule is COc1ccc(CN(c2ccncn2)S(=O)(=O)c2c(F)cc(N3CCC[C@@](CCc4ccc(Cl)c(C(F)(F)F)c4)(N(C)C)C3)cc2F)c(OC)c1. The number of nitrogens with zero attached hydrogens (tertiary/aromatic N) is 5. The van der Waals surface area contributed by atoms with E-state index in [1.165, 1.54) is 32.5 Å². The molecular formula is C35H37ClF5N5O4S. The molecule has 51 heavy (non-hydrogen) atoms. The third kappa shape index (κ3) is 8.15. The number of benzene rings is 3. The first-order valence-corrected chi connectivity index (χ1v) is 17.7. The Hall–Kier alpha value is -4.21. The highest BCUT2D eigenvalue weighted by atomic mass is 35.5. The summed E-state index contributed by atoms with van der Waals surface area (Å²) in [4.78, 5) is 10.5. The van der Waals surface area contributed by atoms with Crippen molar-refractivity contribution in [2.24, 2.45) is 0 Å². The van der Waals surface area contributed by atoms with E-state index in [-0.39, 0.29) is 35.4 Å². The zero-order valence-corrected chi connectivity index (χ0v) is 29.9. The van der Waals surface area contributed by atoms with Crippen LogP contribution in [0.15, 0.2) is 72.0 Å². The van der Waals surface area contributed by atoms with E-state index in [1.54, 1.807) is 29.2 Å². The molecule has 1 atom stereocenters. The standard InChI is InChI=1S/C35H37ClF5N5O4S/c1-44(2)34(13-10-23-6-9-28(36)27(16-23)35(39,40)41)12-5-15-45(21-34)25-17-29(37)33(30(38)18-25)51(47,48)46(32-11-14-42-22-43-32)20-24-7-8-26(49-3)19-31(24)50-4/h6-9,11,14,16-19,22H,5,10,12-13,15,20-21H2,1-4H3/t34-/m0/s1. The number of sulfonamides is 1. The van der Waals surface area contributed by atoms with Crippen LogP contribution in [0.2, 0.25) is 5.02 Å². The van der Waals surface area contributed by atoms with Crippen molar-refractivity contribution in [1.82, 2.24) is 14.9 Å². The number of aromatic nitrogens is 2. The number of methoxy groups -OCH3 is 2. The number of ether oxygens (including phenoxy) is 2. The summed E-state index contributed by atoms with van der Waals surface area (Å²) < 4.78 is 112. The van der Waals surface area contributed by atoms with E-state index in [9.17, 15) is 21.6 Å². The summed E-state index contributed by atoms with van der Waals surface area (Å²) >= 11 is 5.82. The monoisotopic (exact) mass is 753 g/mol. The van der Waals surface area contributed by atoms with Gasteiger partial charge in [-0.05, 0) is 81.7 Å². The average molecular weight is 754 g/mol. The molecule has 0 spiro atoms. The Bertz CT molecular complexity index is 1950. The number of likely N-dealkylation sites (N-methyl/N-ethyl adjacent to an activating group) is 1. The Balaban J connectivity index is 1.45. The normalized spacial score (nSPS) is 16.7. The van der Waals surface area contributed by atoms with E-state index in [1.807, 2.05) is 19.0 Å². The maximum Gasteiger partial charge on any atom is 0.417 e. The average Bonchev–Trinajstić information content (AvgIpc) is 3.09. The number of rotatable bonds is 12. The minimum absolute atomic E-state index is 0.124. The molecule has 1 aliphatic rings. The van der Waals surface area contributed by atoms with Crippen molar-refractivity contribution in [3.63, 3.8) is 0 Å². The largest absolute Gasteiger partial charge is 0.497 e. The topological polar surface area (TPSA) is 88.1 Å². The van der Waals surface area contributed by atoms with Gasteiger partial charge in [0, 0.05) is 48.2 Å². The molecule has 1 fully saturated rings. The number of aryl methyl sites for hydroxylation is 1. The molecule has 0 unspecified atom stereocenters. The van der Waals surface area contributed by atoms with Crippen LogP contribution in [0, 0.1) is 11.6 Å². The lowest BCUT2D eigenvalue weighted by Crippen LogP contribution is -2.56. The zero-order chi connectivity index (χ0) is 37.1. The van der Waals surface area contributed by atoms with Crippen LogP contribution in [-0.4, -0.2) is 70.2 Å². The molecule has 1 aliphatic heterocycles. The highest BCUT2D eigenvalue weighted by Gasteiger charge is 2.40. The summed E-state index contributed by atoms with van der Waals surface area (Å²) in [5.41, 5.74) is -0.522. The number of hydrogen-bond acceptors (Lipinski definition) is 8. The second-order valence-electron chi connectivity index (χ2n) is 12.5. The van der Waals surface area contributed by atoms with Crippen molar-refractivity contribution in [1.29, 1.82) is 0 Å². The van der Waals surface area contributed by atoms with Gasteiger partial charge in [-0.2, -0.15) is 13.2 Å². The Kier molecular flexibility index (Phi) is 11.3. The van der Waals surface area contributed by atoms with Gasteiger partial charge in [-0.25, -0.2) is 31.5 Å². The first-order chi connectivity index (χ1) is 24.1. The van der Waals surface area contributed by atoms with Gasteiger partial charge >= 0.3 is 6.18 Å². The van der Waals surface area contributed by atoms with Gasteiger partial charge in [0.15, 0.2) is 4.90 Å². The number of piperidine rings is 1. The molecule has 1 aromatic heterocycles. The molecule has 16 heteroatoms. The van der Waals surface area contributed by atoms with E-state index in [0.29, 0.717) is 49.1 Å². The van der Waals surface area contributed by atoms with Crippen molar-refractivity contribution >= 4 is 33.1 Å². The molecule has 0 saturated carbocycles. The van der Waals surface area contributed by atoms with Crippen LogP contribution in [0.3, 0.4) is 0 Å². The summed E-state index contributed by atoms with van der Waals surface area (Å²) in [6, 6.07) is 11.8. The third-order valence-corrected chi connectivity index (χ3v) is 11.4. The van der Waals surface area contributed by atoms with Crippen LogP contribution in [-0.2, 0) is 29.2 Å². The van der Waals surface area contributed by atoms with Crippen LogP contribution in [0.4, 0.5) is 33.5 Å². The Labute approximate surface area is 298 Å². The van der Waals surface area contributed by atoms with Gasteiger partial charge in [-0.15, -0.1) is 0 Å². The fourth-order valence-electron chi connectivity index (χ4n) is 6.39. The van der Waals surface area contributed by atoms with Gasteiger partial charge < -0.3 is 19.3 Å². The molecule has 2 heterocycles. The third-order valence-electron chi connectivity index (χ3n) is 9.25. The summed E-state index contributed by atoms with van der Waals surface area (Å²) in [6.45, 7) is 0.321. The quantitative estimate of drug-likeness (QED) is 0.139. The molecule has 5 rings (SSSR count). The minimum Gasteiger partial charge on any atom is -0.497 e. The highest BCUT2D eigenvalue weighted by molar-refractivity contribution is 7.92. The fourth-order valence-corrected chi connectivity index (χ4v) is 8.11. The predicted molar refractivity (Wildman–Crippen MR) is 184 cm³/mol. The molecule has 1 saturated heterocycles. The van der Waals surface area contributed by atoms with Crippen LogP contribution >= 0.6 is 11.6 Å². The maximum absolute atomic E-state index is 16.0. The number of hydrogen-bond donors (Lipinski definition) is 0. The van der Waals surface area contributed by atoms with Gasteiger partial charge in [-0.3, -0.25) is 0 Å². The second kappa shape index (κ2) is 15.2. The number of halogens is 6. The molecule has 0 amide bonds. The molecule has 0 aliphatic carbocycles. The van der Waals surface area contributed by atoms with Crippen molar-refractivity contribution in [2.45, 2.75) is 48.8 Å². The first kappa shape index (κ1) is 38.0. The Morgan fingerprint density at radius 1 is 1.00 bits per heavy atom. The number of anilines is 2. The van der Waals surface area contributed by atoms with Crippen LogP contribution in [0.5, 0.6) is 11.5 Å². The second-order valence-corrected chi connectivity index (χ2v) is 14.7. The maximum atomic E-state index is 16.0. The first-order valence-electron chi connectivity index (χ1n) is 15.9. The summed E-state index contributed by atoms with van der Waals surface area (Å²) in [5, 5.41) is -0.382. The molecule has 0 bridgehead atoms. The lowest BCUT2D eigenvalue weighted by Gasteiger charge is -2.48. The van der Waals surface area contributed by atoms with Crippen LogP contribution in [0.25, 0.3) is 0 Å². The van der Waals surface area contributed by atoms with E-state index in [4.69, 9.17) is 21.1 Å². The smallest absolute Gasteiger partial charge is 0.417 e. The van der Waals surface area contributed by atoms with E-state index >= 15 is 8.78 Å². The lowest BCUT2D eigenvalue weighted by atomic mass is 9.82. The summed E-state index contributed by atoms with van der Waals surface area (Å²) in [5.74, 6) is -1.98. The molecule has 4 aromatic rings. The summed E-state index contributed by atoms with van der Waals surface area (Å²) in [6.07, 6.45) is -0.150. The highest BCUT2D eigenvalue weighted by Crippen LogP contribution is 2.39. The van der Waals surface area contributed by atoms with E-state index in [2.05, 4.69) is 9.97 Å². The van der Waals surface area contributed by atoms with Gasteiger partial charge in [0.05, 0.1) is 31.4 Å². The molecule has 3 aromatic carbocycles. The van der Waals surface area contributed by atoms with Crippen molar-refractivity contribution in [3.8, 4) is 11.5 Å². The van der Waals surface area contributed by atoms with Crippen LogP contribution in [0.1, 0.15) is 36.0 Å². The number of alkyl halides is 3. The minimum atomic E-state index is -4.90. The predicted octanol–water partition coefficient (Wildman–Crippen LogP) is 7.37. The van der Waals surface area contributed by atoms with Crippen molar-refractivity contribution in [3.05, 3.63) is 100 Å². The molecule has 274 valence electrons. The van der Waals surface area contributed by atoms with Gasteiger partial charge in [-0.1, -0.05) is 17.7 Å². The van der Waals surface area contributed by atoms with E-state index < -0.39 is 43.8 Å². The van der Waals surface area contributed by atoms with Gasteiger partial charge in [0.2, 0.25) is 0 Å². The van der Waals surface area contributed by atoms with Gasteiger partial charge in [0.1, 0.15) is 35.3 Å². The van der Waals surface area contributed by atoms with E-state index in [0.717, 1.165) is 28.8 Å². The Morgan fingerprint density at radius 3 is 2.33 bits per heavy atom. The molecule has 0 radical (unpaired) electrons. The van der Waals surface area contributed by atoms with Crippen molar-refractivity contribution in [2.75, 3.05) is 50.6 Å². The summed E-state index contributed by atoms with van der Waals surface area (Å²) in [7, 11) is 1.65. The van der Waals surface area contributed by atoms with Gasteiger partial charge in [0.25, 0.3) is 10.0 Å². The molecule has 9 nitrogen and oxygen atoms in total. The molecule has 0 N–H and O–H groups in total. The Morgan fingerprint density at radius 2 is 1.73 bits per heavy atom. The lowest BCUT2D eigenvalue weighted by molar-refractivity contribution is -0.137. The van der Waals surface area contributed by atoms with Crippen molar-refractivity contribution < 1.29 is 39.8 Å².